The maximum Gasteiger partial charge on any atom is 0.220 e. The molecule has 102 valence electrons. The van der Waals surface area contributed by atoms with Gasteiger partial charge in [-0.3, -0.25) is 4.79 Å². The van der Waals surface area contributed by atoms with Gasteiger partial charge in [0.1, 0.15) is 0 Å². The van der Waals surface area contributed by atoms with Gasteiger partial charge in [0.05, 0.1) is 13.2 Å². The Hall–Kier alpha value is -0.650. The summed E-state index contributed by atoms with van der Waals surface area (Å²) >= 11 is 0. The molecule has 0 bridgehead atoms. The summed E-state index contributed by atoms with van der Waals surface area (Å²) in [4.78, 5) is 11.4. The predicted octanol–water partition coefficient (Wildman–Crippen LogP) is 0.267. The van der Waals surface area contributed by atoms with Gasteiger partial charge in [0.2, 0.25) is 5.91 Å². The minimum atomic E-state index is 0.0470. The van der Waals surface area contributed by atoms with Crippen molar-refractivity contribution in [3.8, 4) is 0 Å². The third-order valence-corrected chi connectivity index (χ3v) is 2.55. The zero-order valence-corrected chi connectivity index (χ0v) is 10.8. The number of ether oxygens (including phenoxy) is 1. The molecule has 0 aliphatic heterocycles. The van der Waals surface area contributed by atoms with E-state index in [4.69, 9.17) is 15.6 Å². The van der Waals surface area contributed by atoms with Crippen LogP contribution in [0.2, 0.25) is 0 Å². The summed E-state index contributed by atoms with van der Waals surface area (Å²) in [6.07, 6.45) is 3.22. The maximum atomic E-state index is 11.4. The van der Waals surface area contributed by atoms with Crippen molar-refractivity contribution in [1.82, 2.24) is 5.32 Å². The molecule has 1 atom stereocenters. The molecule has 1 unspecified atom stereocenters. The Bertz CT molecular complexity index is 189. The van der Waals surface area contributed by atoms with E-state index < -0.39 is 0 Å². The predicted molar refractivity (Wildman–Crippen MR) is 67.6 cm³/mol. The van der Waals surface area contributed by atoms with Crippen LogP contribution in [0, 0.1) is 5.92 Å². The highest BCUT2D eigenvalue weighted by atomic mass is 16.5. The zero-order valence-electron chi connectivity index (χ0n) is 10.8. The number of carbonyl (C=O) groups is 1. The van der Waals surface area contributed by atoms with E-state index in [9.17, 15) is 4.79 Å². The van der Waals surface area contributed by atoms with Crippen molar-refractivity contribution in [3.05, 3.63) is 0 Å². The van der Waals surface area contributed by atoms with Crippen molar-refractivity contribution in [1.29, 1.82) is 0 Å². The Balaban J connectivity index is 3.28. The average Bonchev–Trinajstić information content (AvgIpc) is 2.31. The number of hydrogen-bond donors (Lipinski definition) is 3. The highest BCUT2D eigenvalue weighted by Gasteiger charge is 2.05. The lowest BCUT2D eigenvalue weighted by Gasteiger charge is -2.09. The Morgan fingerprint density at radius 3 is 2.82 bits per heavy atom. The molecule has 0 aromatic rings. The third kappa shape index (κ3) is 11.6. The summed E-state index contributed by atoms with van der Waals surface area (Å²) in [5, 5.41) is 11.3. The van der Waals surface area contributed by atoms with Crippen LogP contribution in [0.5, 0.6) is 0 Å². The second kappa shape index (κ2) is 11.8. The summed E-state index contributed by atoms with van der Waals surface area (Å²) in [6, 6.07) is 0. The lowest BCUT2D eigenvalue weighted by Crippen LogP contribution is -2.25. The molecular weight excluding hydrogens is 220 g/mol. The molecular formula is C12H26N2O3. The molecule has 17 heavy (non-hydrogen) atoms. The first-order chi connectivity index (χ1) is 8.20. The molecule has 0 aliphatic rings. The van der Waals surface area contributed by atoms with Crippen molar-refractivity contribution in [2.45, 2.75) is 32.6 Å². The molecule has 0 spiro atoms. The van der Waals surface area contributed by atoms with Crippen LogP contribution in [0.4, 0.5) is 0 Å². The number of amides is 1. The van der Waals surface area contributed by atoms with Crippen molar-refractivity contribution in [2.24, 2.45) is 11.7 Å². The first kappa shape index (κ1) is 16.4. The molecule has 1 amide bonds. The molecule has 0 aromatic carbocycles. The Kier molecular flexibility index (Phi) is 11.4. The van der Waals surface area contributed by atoms with Crippen LogP contribution in [0.3, 0.4) is 0 Å². The van der Waals surface area contributed by atoms with E-state index in [0.29, 0.717) is 38.6 Å². The van der Waals surface area contributed by atoms with Crippen molar-refractivity contribution in [2.75, 3.05) is 32.9 Å². The van der Waals surface area contributed by atoms with Gasteiger partial charge in [-0.1, -0.05) is 6.92 Å². The van der Waals surface area contributed by atoms with Crippen molar-refractivity contribution in [3.63, 3.8) is 0 Å². The lowest BCUT2D eigenvalue weighted by molar-refractivity contribution is -0.121. The van der Waals surface area contributed by atoms with Crippen LogP contribution in [0.15, 0.2) is 0 Å². The molecule has 0 aliphatic carbocycles. The fourth-order valence-corrected chi connectivity index (χ4v) is 1.46. The Labute approximate surface area is 104 Å². The van der Waals surface area contributed by atoms with Crippen molar-refractivity contribution < 1.29 is 14.6 Å². The van der Waals surface area contributed by atoms with Gasteiger partial charge in [-0.05, 0) is 31.7 Å². The van der Waals surface area contributed by atoms with Crippen LogP contribution in [-0.4, -0.2) is 43.9 Å². The van der Waals surface area contributed by atoms with E-state index in [-0.39, 0.29) is 12.5 Å². The fraction of sp³-hybridized carbons (Fsp3) is 0.917. The van der Waals surface area contributed by atoms with Crippen molar-refractivity contribution >= 4 is 5.91 Å². The molecule has 0 heterocycles. The lowest BCUT2D eigenvalue weighted by atomic mass is 10.0. The topological polar surface area (TPSA) is 84.6 Å². The van der Waals surface area contributed by atoms with E-state index >= 15 is 0 Å². The monoisotopic (exact) mass is 246 g/mol. The van der Waals surface area contributed by atoms with E-state index in [1.165, 1.54) is 0 Å². The fourth-order valence-electron chi connectivity index (χ4n) is 1.46. The SMILES string of the molecule is CC(CCN)CCC(=O)NCCCOCCO. The van der Waals surface area contributed by atoms with Gasteiger partial charge in [-0.2, -0.15) is 0 Å². The molecule has 0 fully saturated rings. The van der Waals surface area contributed by atoms with E-state index in [0.717, 1.165) is 19.3 Å². The summed E-state index contributed by atoms with van der Waals surface area (Å²) < 4.78 is 5.08. The van der Waals surface area contributed by atoms with Gasteiger partial charge in [0, 0.05) is 19.6 Å². The maximum absolute atomic E-state index is 11.4. The largest absolute Gasteiger partial charge is 0.394 e. The van der Waals surface area contributed by atoms with Gasteiger partial charge in [0.25, 0.3) is 0 Å². The first-order valence-corrected chi connectivity index (χ1v) is 6.36. The standard InChI is InChI=1S/C12H26N2O3/c1-11(5-6-13)3-4-12(16)14-7-2-9-17-10-8-15/h11,15H,2-10,13H2,1H3,(H,14,16). The number of carbonyl (C=O) groups excluding carboxylic acids is 1. The molecule has 5 heteroatoms. The average molecular weight is 246 g/mol. The van der Waals surface area contributed by atoms with Gasteiger partial charge >= 0.3 is 0 Å². The summed E-state index contributed by atoms with van der Waals surface area (Å²) in [6.45, 7) is 4.42. The smallest absolute Gasteiger partial charge is 0.220 e. The van der Waals surface area contributed by atoms with Crippen LogP contribution >= 0.6 is 0 Å². The zero-order chi connectivity index (χ0) is 12.9. The van der Waals surface area contributed by atoms with Gasteiger partial charge in [-0.15, -0.1) is 0 Å². The van der Waals surface area contributed by atoms with Gasteiger partial charge in [-0.25, -0.2) is 0 Å². The number of rotatable bonds is 11. The normalized spacial score (nSPS) is 12.4. The number of aliphatic hydroxyl groups excluding tert-OH is 1. The van der Waals surface area contributed by atoms with E-state index in [1.54, 1.807) is 0 Å². The first-order valence-electron chi connectivity index (χ1n) is 6.36. The van der Waals surface area contributed by atoms with Crippen LogP contribution in [-0.2, 0) is 9.53 Å². The third-order valence-electron chi connectivity index (χ3n) is 2.55. The highest BCUT2D eigenvalue weighted by Crippen LogP contribution is 2.08. The van der Waals surface area contributed by atoms with Crippen LogP contribution in [0.1, 0.15) is 32.6 Å². The molecule has 0 saturated heterocycles. The molecule has 0 saturated carbocycles. The highest BCUT2D eigenvalue weighted by molar-refractivity contribution is 5.75. The van der Waals surface area contributed by atoms with E-state index in [1.807, 2.05) is 0 Å². The quantitative estimate of drug-likeness (QED) is 0.457. The molecule has 0 radical (unpaired) electrons. The minimum absolute atomic E-state index is 0.0470. The molecule has 4 N–H and O–H groups in total. The van der Waals surface area contributed by atoms with Crippen LogP contribution < -0.4 is 11.1 Å². The van der Waals surface area contributed by atoms with Gasteiger partial charge in [0.15, 0.2) is 0 Å². The van der Waals surface area contributed by atoms with Gasteiger partial charge < -0.3 is 20.9 Å². The van der Waals surface area contributed by atoms with Crippen LogP contribution in [0.25, 0.3) is 0 Å². The molecule has 0 rings (SSSR count). The number of nitrogens with two attached hydrogens (primary N) is 1. The second-order valence-electron chi connectivity index (χ2n) is 4.26. The summed E-state index contributed by atoms with van der Waals surface area (Å²) in [7, 11) is 0. The Morgan fingerprint density at radius 1 is 1.41 bits per heavy atom. The second-order valence-corrected chi connectivity index (χ2v) is 4.26. The number of hydrogen-bond acceptors (Lipinski definition) is 4. The Morgan fingerprint density at radius 2 is 2.18 bits per heavy atom. The van der Waals surface area contributed by atoms with E-state index in [2.05, 4.69) is 12.2 Å². The minimum Gasteiger partial charge on any atom is -0.394 e. The molecule has 0 aromatic heterocycles. The molecule has 5 nitrogen and oxygen atoms in total. The summed E-state index contributed by atoms with van der Waals surface area (Å²) in [5.74, 6) is 0.606. The summed E-state index contributed by atoms with van der Waals surface area (Å²) in [5.41, 5.74) is 5.44. The number of aliphatic hydroxyl groups is 1. The number of nitrogens with one attached hydrogen (secondary N) is 1.